The summed E-state index contributed by atoms with van der Waals surface area (Å²) in [7, 11) is -3.48. The maximum absolute atomic E-state index is 13.1. The van der Waals surface area contributed by atoms with Gasteiger partial charge >= 0.3 is 0 Å². The summed E-state index contributed by atoms with van der Waals surface area (Å²) in [6.45, 7) is 4.46. The number of hydrogen-bond acceptors (Lipinski definition) is 3. The highest BCUT2D eigenvalue weighted by Gasteiger charge is 2.34. The van der Waals surface area contributed by atoms with Crippen LogP contribution in [-0.2, 0) is 10.0 Å². The lowest BCUT2D eigenvalue weighted by atomic mass is 9.99. The molecule has 4 nitrogen and oxygen atoms in total. The molecule has 2 aromatic rings. The Balaban J connectivity index is 1.97. The number of nitrogens with zero attached hydrogens (tertiary/aromatic N) is 2. The zero-order valence-electron chi connectivity index (χ0n) is 13.6. The van der Waals surface area contributed by atoms with Crippen molar-refractivity contribution in [2.75, 3.05) is 6.54 Å². The summed E-state index contributed by atoms with van der Waals surface area (Å²) in [5.74, 6) is 0. The van der Waals surface area contributed by atoms with Gasteiger partial charge in [0.1, 0.15) is 0 Å². The number of hydrogen-bond donors (Lipinski definition) is 0. The minimum atomic E-state index is -3.48. The zero-order valence-corrected chi connectivity index (χ0v) is 14.4. The van der Waals surface area contributed by atoms with Gasteiger partial charge in [-0.05, 0) is 50.5 Å². The van der Waals surface area contributed by atoms with Crippen LogP contribution in [0.25, 0.3) is 0 Å². The summed E-state index contributed by atoms with van der Waals surface area (Å²) in [6.07, 6.45) is 4.60. The second-order valence-electron chi connectivity index (χ2n) is 6.17. The van der Waals surface area contributed by atoms with E-state index in [9.17, 15) is 8.42 Å². The fraction of sp³-hybridized carbons (Fsp3) is 0.389. The van der Waals surface area contributed by atoms with Crippen LogP contribution in [0.1, 0.15) is 42.1 Å². The third kappa shape index (κ3) is 3.31. The lowest BCUT2D eigenvalue weighted by molar-refractivity contribution is 0.255. The monoisotopic (exact) mass is 330 g/mol. The minimum Gasteiger partial charge on any atom is -0.261 e. The highest BCUT2D eigenvalue weighted by Crippen LogP contribution is 2.35. The molecule has 0 aliphatic carbocycles. The van der Waals surface area contributed by atoms with Gasteiger partial charge in [0.15, 0.2) is 0 Å². The molecule has 1 aromatic heterocycles. The Labute approximate surface area is 138 Å². The molecule has 1 aliphatic heterocycles. The van der Waals surface area contributed by atoms with Gasteiger partial charge in [-0.3, -0.25) is 4.98 Å². The summed E-state index contributed by atoms with van der Waals surface area (Å²) in [6, 6.07) is 10.9. The van der Waals surface area contributed by atoms with E-state index < -0.39 is 10.0 Å². The van der Waals surface area contributed by atoms with Crippen LogP contribution in [0, 0.1) is 13.8 Å². The molecule has 0 spiro atoms. The Bertz CT molecular complexity index is 768. The molecule has 1 aliphatic rings. The van der Waals surface area contributed by atoms with Gasteiger partial charge in [0.05, 0.1) is 10.9 Å². The second kappa shape index (κ2) is 6.42. The number of aromatic nitrogens is 1. The molecule has 1 aromatic carbocycles. The third-order valence-electron chi connectivity index (χ3n) is 4.40. The van der Waals surface area contributed by atoms with Crippen LogP contribution in [0.4, 0.5) is 0 Å². The smallest absolute Gasteiger partial charge is 0.243 e. The van der Waals surface area contributed by atoms with Crippen LogP contribution in [0.15, 0.2) is 47.5 Å². The first-order chi connectivity index (χ1) is 11.0. The number of benzene rings is 1. The summed E-state index contributed by atoms with van der Waals surface area (Å²) in [4.78, 5) is 4.70. The molecule has 0 N–H and O–H groups in total. The molecule has 1 saturated heterocycles. The van der Waals surface area contributed by atoms with E-state index >= 15 is 0 Å². The summed E-state index contributed by atoms with van der Waals surface area (Å²) < 4.78 is 27.8. The van der Waals surface area contributed by atoms with Crippen LogP contribution in [-0.4, -0.2) is 24.3 Å². The Kier molecular flexibility index (Phi) is 4.50. The van der Waals surface area contributed by atoms with E-state index in [-0.39, 0.29) is 6.04 Å². The molecule has 5 heteroatoms. The topological polar surface area (TPSA) is 50.3 Å². The fourth-order valence-electron chi connectivity index (χ4n) is 3.05. The SMILES string of the molecule is Cc1ccc(S(=O)(=O)N2CCCC[C@H]2c2ccc(C)nc2)cc1. The van der Waals surface area contributed by atoms with Gasteiger partial charge in [0.2, 0.25) is 10.0 Å². The van der Waals surface area contributed by atoms with E-state index in [4.69, 9.17) is 0 Å². The molecule has 1 fully saturated rings. The number of pyridine rings is 1. The Hall–Kier alpha value is -1.72. The first-order valence-corrected chi connectivity index (χ1v) is 9.43. The van der Waals surface area contributed by atoms with Gasteiger partial charge in [-0.25, -0.2) is 8.42 Å². The predicted molar refractivity (Wildman–Crippen MR) is 90.6 cm³/mol. The van der Waals surface area contributed by atoms with Crippen molar-refractivity contribution < 1.29 is 8.42 Å². The first kappa shape index (κ1) is 16.1. The molecule has 122 valence electrons. The minimum absolute atomic E-state index is 0.122. The highest BCUT2D eigenvalue weighted by atomic mass is 32.2. The Morgan fingerprint density at radius 3 is 2.43 bits per heavy atom. The molecular weight excluding hydrogens is 308 g/mol. The van der Waals surface area contributed by atoms with Gasteiger partial charge in [0, 0.05) is 18.4 Å². The van der Waals surface area contributed by atoms with E-state index in [2.05, 4.69) is 4.98 Å². The average molecular weight is 330 g/mol. The Morgan fingerprint density at radius 1 is 1.04 bits per heavy atom. The molecule has 0 bridgehead atoms. The molecule has 0 amide bonds. The van der Waals surface area contributed by atoms with Crippen molar-refractivity contribution in [2.24, 2.45) is 0 Å². The summed E-state index contributed by atoms with van der Waals surface area (Å²) >= 11 is 0. The Morgan fingerprint density at radius 2 is 1.78 bits per heavy atom. The molecule has 1 atom stereocenters. The quantitative estimate of drug-likeness (QED) is 0.864. The van der Waals surface area contributed by atoms with Crippen molar-refractivity contribution >= 4 is 10.0 Å². The second-order valence-corrected chi connectivity index (χ2v) is 8.06. The van der Waals surface area contributed by atoms with Gasteiger partial charge in [0.25, 0.3) is 0 Å². The third-order valence-corrected chi connectivity index (χ3v) is 6.32. The van der Waals surface area contributed by atoms with Crippen molar-refractivity contribution in [2.45, 2.75) is 44.0 Å². The van der Waals surface area contributed by atoms with E-state index in [0.29, 0.717) is 11.4 Å². The molecule has 23 heavy (non-hydrogen) atoms. The largest absolute Gasteiger partial charge is 0.261 e. The number of aryl methyl sites for hydroxylation is 2. The van der Waals surface area contributed by atoms with Crippen molar-refractivity contribution in [3.63, 3.8) is 0 Å². The van der Waals surface area contributed by atoms with Gasteiger partial charge < -0.3 is 0 Å². The van der Waals surface area contributed by atoms with Crippen molar-refractivity contribution in [3.05, 3.63) is 59.4 Å². The van der Waals surface area contributed by atoms with Crippen LogP contribution in [0.2, 0.25) is 0 Å². The predicted octanol–water partition coefficient (Wildman–Crippen LogP) is 3.61. The van der Waals surface area contributed by atoms with Crippen molar-refractivity contribution in [3.8, 4) is 0 Å². The molecule has 2 heterocycles. The lowest BCUT2D eigenvalue weighted by Gasteiger charge is -2.34. The summed E-state index contributed by atoms with van der Waals surface area (Å²) in [5, 5.41) is 0. The first-order valence-electron chi connectivity index (χ1n) is 7.99. The number of sulfonamides is 1. The zero-order chi connectivity index (χ0) is 16.4. The average Bonchev–Trinajstić information content (AvgIpc) is 2.56. The molecule has 0 radical (unpaired) electrons. The van der Waals surface area contributed by atoms with E-state index in [1.54, 1.807) is 16.4 Å². The maximum Gasteiger partial charge on any atom is 0.243 e. The van der Waals surface area contributed by atoms with Gasteiger partial charge in [-0.15, -0.1) is 0 Å². The summed E-state index contributed by atoms with van der Waals surface area (Å²) in [5.41, 5.74) is 2.98. The van der Waals surface area contributed by atoms with E-state index in [1.807, 2.05) is 44.3 Å². The van der Waals surface area contributed by atoms with Crippen LogP contribution < -0.4 is 0 Å². The fourth-order valence-corrected chi connectivity index (χ4v) is 4.73. The highest BCUT2D eigenvalue weighted by molar-refractivity contribution is 7.89. The molecular formula is C18H22N2O2S. The van der Waals surface area contributed by atoms with Crippen molar-refractivity contribution in [1.29, 1.82) is 0 Å². The lowest BCUT2D eigenvalue weighted by Crippen LogP contribution is -2.38. The van der Waals surface area contributed by atoms with E-state index in [1.165, 1.54) is 0 Å². The van der Waals surface area contributed by atoms with Crippen LogP contribution >= 0.6 is 0 Å². The van der Waals surface area contributed by atoms with Crippen molar-refractivity contribution in [1.82, 2.24) is 9.29 Å². The molecule has 0 unspecified atom stereocenters. The van der Waals surface area contributed by atoms with Crippen LogP contribution in [0.5, 0.6) is 0 Å². The molecule has 0 saturated carbocycles. The van der Waals surface area contributed by atoms with Crippen LogP contribution in [0.3, 0.4) is 0 Å². The molecule has 3 rings (SSSR count). The van der Waals surface area contributed by atoms with Gasteiger partial charge in [-0.1, -0.05) is 30.2 Å². The van der Waals surface area contributed by atoms with Gasteiger partial charge in [-0.2, -0.15) is 4.31 Å². The standard InChI is InChI=1S/C18H22N2O2S/c1-14-6-10-17(11-7-14)23(21,22)20-12-4-3-5-18(20)16-9-8-15(2)19-13-16/h6-11,13,18H,3-5,12H2,1-2H3/t18-/m0/s1. The number of piperidine rings is 1. The number of rotatable bonds is 3. The maximum atomic E-state index is 13.1. The normalized spacial score (nSPS) is 19.7. The van der Waals surface area contributed by atoms with E-state index in [0.717, 1.165) is 36.1 Å².